The van der Waals surface area contributed by atoms with Gasteiger partial charge in [0.2, 0.25) is 0 Å². The van der Waals surface area contributed by atoms with Crippen LogP contribution in [0.2, 0.25) is 0 Å². The Hall–Kier alpha value is -0.930. The minimum atomic E-state index is -0.140. The lowest BCUT2D eigenvalue weighted by Crippen LogP contribution is -2.20. The number of halogens is 1. The summed E-state index contributed by atoms with van der Waals surface area (Å²) in [6, 6.07) is 7.73. The van der Waals surface area contributed by atoms with Crippen LogP contribution >= 0.6 is 11.3 Å². The van der Waals surface area contributed by atoms with Crippen molar-refractivity contribution in [2.45, 2.75) is 44.6 Å². The molecule has 0 spiro atoms. The van der Waals surface area contributed by atoms with Crippen LogP contribution in [-0.4, -0.2) is 7.05 Å². The smallest absolute Gasteiger partial charge is 0.124 e. The van der Waals surface area contributed by atoms with E-state index in [0.29, 0.717) is 6.04 Å². The molecule has 108 valence electrons. The number of hydrogen-bond acceptors (Lipinski definition) is 2. The van der Waals surface area contributed by atoms with Gasteiger partial charge in [-0.2, -0.15) is 0 Å². The monoisotopic (exact) mass is 291 g/mol. The molecular formula is C17H22FNS. The summed E-state index contributed by atoms with van der Waals surface area (Å²) >= 11 is 1.73. The van der Waals surface area contributed by atoms with Gasteiger partial charge in [-0.05, 0) is 43.0 Å². The van der Waals surface area contributed by atoms with E-state index in [9.17, 15) is 4.39 Å². The van der Waals surface area contributed by atoms with Crippen LogP contribution < -0.4 is 5.32 Å². The van der Waals surface area contributed by atoms with E-state index in [4.69, 9.17) is 0 Å². The third kappa shape index (κ3) is 3.04. The van der Waals surface area contributed by atoms with Gasteiger partial charge in [-0.1, -0.05) is 38.2 Å². The second-order valence-electron chi connectivity index (χ2n) is 5.91. The van der Waals surface area contributed by atoms with Crippen molar-refractivity contribution in [3.8, 4) is 0 Å². The quantitative estimate of drug-likeness (QED) is 0.809. The largest absolute Gasteiger partial charge is 0.312 e. The van der Waals surface area contributed by atoms with Gasteiger partial charge in [-0.25, -0.2) is 4.39 Å². The summed E-state index contributed by atoms with van der Waals surface area (Å²) in [5, 5.41) is 4.62. The molecule has 1 unspecified atom stereocenters. The Labute approximate surface area is 124 Å². The highest BCUT2D eigenvalue weighted by molar-refractivity contribution is 7.19. The predicted octanol–water partition coefficient (Wildman–Crippen LogP) is 5.27. The first-order valence-electron chi connectivity index (χ1n) is 7.62. The van der Waals surface area contributed by atoms with Crippen molar-refractivity contribution >= 4 is 21.4 Å². The number of thiophene rings is 1. The van der Waals surface area contributed by atoms with Crippen LogP contribution in [0.25, 0.3) is 10.1 Å². The molecule has 0 bridgehead atoms. The zero-order valence-corrected chi connectivity index (χ0v) is 12.8. The minimum Gasteiger partial charge on any atom is -0.312 e. The Kier molecular flexibility index (Phi) is 4.37. The summed E-state index contributed by atoms with van der Waals surface area (Å²) in [6.07, 6.45) is 8.14. The van der Waals surface area contributed by atoms with E-state index in [1.807, 2.05) is 13.1 Å². The average molecular weight is 291 g/mol. The Morgan fingerprint density at radius 1 is 1.25 bits per heavy atom. The molecule has 1 atom stereocenters. The van der Waals surface area contributed by atoms with Crippen molar-refractivity contribution in [1.82, 2.24) is 5.32 Å². The van der Waals surface area contributed by atoms with Crippen molar-refractivity contribution in [2.75, 3.05) is 7.05 Å². The summed E-state index contributed by atoms with van der Waals surface area (Å²) < 4.78 is 14.4. The van der Waals surface area contributed by atoms with Gasteiger partial charge < -0.3 is 5.32 Å². The highest BCUT2D eigenvalue weighted by Crippen LogP contribution is 2.36. The first kappa shape index (κ1) is 14.0. The summed E-state index contributed by atoms with van der Waals surface area (Å²) in [5.74, 6) is 0.710. The first-order chi connectivity index (χ1) is 9.76. The summed E-state index contributed by atoms with van der Waals surface area (Å²) in [6.45, 7) is 0. The van der Waals surface area contributed by atoms with Crippen LogP contribution in [-0.2, 0) is 0 Å². The van der Waals surface area contributed by atoms with Crippen LogP contribution in [0.15, 0.2) is 24.3 Å². The third-order valence-corrected chi connectivity index (χ3v) is 5.70. The van der Waals surface area contributed by atoms with Gasteiger partial charge in [-0.15, -0.1) is 11.3 Å². The minimum absolute atomic E-state index is 0.140. The van der Waals surface area contributed by atoms with E-state index in [2.05, 4.69) is 11.4 Å². The SMILES string of the molecule is CNC(CC1CCCCC1)c1cc2ccc(F)cc2s1. The molecule has 0 aliphatic heterocycles. The summed E-state index contributed by atoms with van der Waals surface area (Å²) in [4.78, 5) is 1.35. The molecule has 3 heteroatoms. The maximum absolute atomic E-state index is 13.3. The topological polar surface area (TPSA) is 12.0 Å². The number of benzene rings is 1. The molecule has 1 aliphatic carbocycles. The Bertz CT molecular complexity index is 571. The number of hydrogen-bond donors (Lipinski definition) is 1. The average Bonchev–Trinajstić information content (AvgIpc) is 2.88. The van der Waals surface area contributed by atoms with Crippen molar-refractivity contribution < 1.29 is 4.39 Å². The molecule has 1 aromatic heterocycles. The van der Waals surface area contributed by atoms with Crippen LogP contribution in [0, 0.1) is 11.7 Å². The molecule has 1 N–H and O–H groups in total. The second-order valence-corrected chi connectivity index (χ2v) is 7.03. The van der Waals surface area contributed by atoms with Gasteiger partial charge in [0.25, 0.3) is 0 Å². The van der Waals surface area contributed by atoms with Crippen LogP contribution in [0.3, 0.4) is 0 Å². The van der Waals surface area contributed by atoms with Crippen molar-refractivity contribution in [3.63, 3.8) is 0 Å². The fourth-order valence-corrected chi connectivity index (χ4v) is 4.54. The molecule has 1 heterocycles. The van der Waals surface area contributed by atoms with E-state index in [0.717, 1.165) is 16.0 Å². The molecular weight excluding hydrogens is 269 g/mol. The first-order valence-corrected chi connectivity index (χ1v) is 8.44. The molecule has 1 aliphatic rings. The van der Waals surface area contributed by atoms with E-state index >= 15 is 0 Å². The zero-order chi connectivity index (χ0) is 13.9. The molecule has 1 saturated carbocycles. The summed E-state index contributed by atoms with van der Waals surface area (Å²) in [7, 11) is 2.04. The molecule has 1 fully saturated rings. The molecule has 0 radical (unpaired) electrons. The molecule has 1 nitrogen and oxygen atoms in total. The van der Waals surface area contributed by atoms with Crippen molar-refractivity contribution in [1.29, 1.82) is 0 Å². The Morgan fingerprint density at radius 3 is 2.80 bits per heavy atom. The molecule has 3 rings (SSSR count). The predicted molar refractivity (Wildman–Crippen MR) is 84.8 cm³/mol. The van der Waals surface area contributed by atoms with Gasteiger partial charge in [-0.3, -0.25) is 0 Å². The van der Waals surface area contributed by atoms with Gasteiger partial charge >= 0.3 is 0 Å². The molecule has 0 amide bonds. The lowest BCUT2D eigenvalue weighted by molar-refractivity contribution is 0.307. The maximum atomic E-state index is 13.3. The highest BCUT2D eigenvalue weighted by Gasteiger charge is 2.20. The molecule has 0 saturated heterocycles. The fourth-order valence-electron chi connectivity index (χ4n) is 3.33. The Morgan fingerprint density at radius 2 is 2.05 bits per heavy atom. The van der Waals surface area contributed by atoms with Gasteiger partial charge in [0, 0.05) is 15.6 Å². The van der Waals surface area contributed by atoms with E-state index in [1.165, 1.54) is 43.4 Å². The van der Waals surface area contributed by atoms with Crippen molar-refractivity contribution in [3.05, 3.63) is 35.0 Å². The zero-order valence-electron chi connectivity index (χ0n) is 12.0. The van der Waals surface area contributed by atoms with E-state index in [-0.39, 0.29) is 5.82 Å². The standard InChI is InChI=1S/C17H22FNS/c1-19-15(9-12-5-3-2-4-6-12)17-10-13-7-8-14(18)11-16(13)20-17/h7-8,10-12,15,19H,2-6,9H2,1H3. The molecule has 20 heavy (non-hydrogen) atoms. The normalized spacial score (nSPS) is 18.5. The van der Waals surface area contributed by atoms with Crippen LogP contribution in [0.1, 0.15) is 49.4 Å². The second kappa shape index (κ2) is 6.23. The van der Waals surface area contributed by atoms with Crippen molar-refractivity contribution in [2.24, 2.45) is 5.92 Å². The number of rotatable bonds is 4. The fraction of sp³-hybridized carbons (Fsp3) is 0.529. The van der Waals surface area contributed by atoms with Gasteiger partial charge in [0.1, 0.15) is 5.82 Å². The number of nitrogens with one attached hydrogen (secondary N) is 1. The number of fused-ring (bicyclic) bond motifs is 1. The molecule has 2 aromatic rings. The van der Waals surface area contributed by atoms with Gasteiger partial charge in [0.15, 0.2) is 0 Å². The highest BCUT2D eigenvalue weighted by atomic mass is 32.1. The summed E-state index contributed by atoms with van der Waals surface area (Å²) in [5.41, 5.74) is 0. The Balaban J connectivity index is 1.79. The van der Waals surface area contributed by atoms with E-state index < -0.39 is 0 Å². The molecule has 1 aromatic carbocycles. The van der Waals surface area contributed by atoms with Gasteiger partial charge in [0.05, 0.1) is 0 Å². The van der Waals surface area contributed by atoms with E-state index in [1.54, 1.807) is 23.5 Å². The van der Waals surface area contributed by atoms with Crippen LogP contribution in [0.4, 0.5) is 4.39 Å². The maximum Gasteiger partial charge on any atom is 0.124 e. The third-order valence-electron chi connectivity index (χ3n) is 4.49. The van der Waals surface area contributed by atoms with Crippen LogP contribution in [0.5, 0.6) is 0 Å². The lowest BCUT2D eigenvalue weighted by atomic mass is 9.84. The lowest BCUT2D eigenvalue weighted by Gasteiger charge is -2.25.